The Balaban J connectivity index is 2.18. The van der Waals surface area contributed by atoms with Crippen LogP contribution in [-0.4, -0.2) is 34.4 Å². The molecule has 1 aliphatic heterocycles. The van der Waals surface area contributed by atoms with Gasteiger partial charge in [-0.15, -0.1) is 0 Å². The van der Waals surface area contributed by atoms with Crippen LogP contribution >= 0.6 is 0 Å². The summed E-state index contributed by atoms with van der Waals surface area (Å²) < 4.78 is 11.5. The van der Waals surface area contributed by atoms with Crippen LogP contribution in [0.5, 0.6) is 5.75 Å². The van der Waals surface area contributed by atoms with Crippen LogP contribution < -0.4 is 4.74 Å². The van der Waals surface area contributed by atoms with Crippen molar-refractivity contribution < 1.29 is 19.4 Å². The summed E-state index contributed by atoms with van der Waals surface area (Å²) in [6.07, 6.45) is 3.13. The molecule has 104 valence electrons. The summed E-state index contributed by atoms with van der Waals surface area (Å²) >= 11 is 0. The lowest BCUT2D eigenvalue weighted by atomic mass is 10.0. The summed E-state index contributed by atoms with van der Waals surface area (Å²) in [6.45, 7) is 5.82. The normalized spacial score (nSPS) is 27.0. The molecular weight excluding hydrogens is 246 g/mol. The van der Waals surface area contributed by atoms with E-state index in [1.807, 2.05) is 20.8 Å². The van der Waals surface area contributed by atoms with Crippen LogP contribution in [0.25, 0.3) is 0 Å². The topological polar surface area (TPSA) is 68.7 Å². The Morgan fingerprint density at radius 1 is 1.42 bits per heavy atom. The Bertz CT molecular complexity index is 465. The lowest BCUT2D eigenvalue weighted by molar-refractivity contribution is -0.0722. The Hall–Kier alpha value is -1.62. The average molecular weight is 265 g/mol. The van der Waals surface area contributed by atoms with Gasteiger partial charge < -0.3 is 14.6 Å². The lowest BCUT2D eigenvalue weighted by Gasteiger charge is -2.32. The number of aromatic nitrogens is 1. The fourth-order valence-corrected chi connectivity index (χ4v) is 2.41. The number of carboxylic acids is 1. The average Bonchev–Trinajstić information content (AvgIpc) is 2.26. The summed E-state index contributed by atoms with van der Waals surface area (Å²) in [5.74, 6) is -0.623. The van der Waals surface area contributed by atoms with E-state index >= 15 is 0 Å². The molecule has 0 radical (unpaired) electrons. The predicted octanol–water partition coefficient (Wildman–Crippen LogP) is 2.42. The number of nitrogens with zero attached hydrogens (tertiary/aromatic N) is 1. The van der Waals surface area contributed by atoms with E-state index in [1.165, 1.54) is 6.20 Å². The van der Waals surface area contributed by atoms with E-state index in [2.05, 4.69) is 4.98 Å². The van der Waals surface area contributed by atoms with E-state index in [1.54, 1.807) is 6.07 Å². The van der Waals surface area contributed by atoms with E-state index in [9.17, 15) is 4.79 Å². The minimum atomic E-state index is -1.02. The van der Waals surface area contributed by atoms with Crippen LogP contribution in [0.15, 0.2) is 12.3 Å². The van der Waals surface area contributed by atoms with E-state index < -0.39 is 5.97 Å². The van der Waals surface area contributed by atoms with Gasteiger partial charge in [0.1, 0.15) is 17.4 Å². The number of carboxylic acid groups (broad SMARTS) is 1. The Morgan fingerprint density at radius 3 is 2.63 bits per heavy atom. The molecule has 0 aromatic carbocycles. The van der Waals surface area contributed by atoms with Crippen LogP contribution in [0.2, 0.25) is 0 Å². The molecule has 1 aromatic rings. The molecule has 2 atom stereocenters. The number of hydrogen-bond donors (Lipinski definition) is 1. The van der Waals surface area contributed by atoms with Crippen molar-refractivity contribution >= 4 is 5.97 Å². The predicted molar refractivity (Wildman–Crippen MR) is 69.6 cm³/mol. The van der Waals surface area contributed by atoms with Gasteiger partial charge in [-0.3, -0.25) is 4.98 Å². The Kier molecular flexibility index (Phi) is 4.04. The van der Waals surface area contributed by atoms with Crippen molar-refractivity contribution in [3.8, 4) is 5.75 Å². The van der Waals surface area contributed by atoms with Gasteiger partial charge >= 0.3 is 5.97 Å². The Labute approximate surface area is 112 Å². The van der Waals surface area contributed by atoms with Gasteiger partial charge in [0.05, 0.1) is 12.2 Å². The molecule has 0 saturated carbocycles. The van der Waals surface area contributed by atoms with Gasteiger partial charge in [-0.05, 0) is 20.8 Å². The van der Waals surface area contributed by atoms with Crippen molar-refractivity contribution in [1.29, 1.82) is 0 Å². The van der Waals surface area contributed by atoms with Gasteiger partial charge in [-0.25, -0.2) is 4.79 Å². The first-order valence-electron chi connectivity index (χ1n) is 6.47. The first kappa shape index (κ1) is 13.8. The molecule has 1 aliphatic rings. The standard InChI is InChI=1S/C14H19NO4/c1-8-4-13(12(7-15-8)14(16)17)19-11-5-9(2)18-10(3)6-11/h4,7,9-11H,5-6H2,1-3H3,(H,16,17). The van der Waals surface area contributed by atoms with E-state index in [4.69, 9.17) is 14.6 Å². The van der Waals surface area contributed by atoms with E-state index in [-0.39, 0.29) is 23.9 Å². The zero-order chi connectivity index (χ0) is 14.0. The molecule has 0 bridgehead atoms. The number of hydrogen-bond acceptors (Lipinski definition) is 4. The van der Waals surface area contributed by atoms with Crippen molar-refractivity contribution in [3.05, 3.63) is 23.5 Å². The van der Waals surface area contributed by atoms with Crippen molar-refractivity contribution in [1.82, 2.24) is 4.98 Å². The molecule has 0 amide bonds. The molecule has 1 aromatic heterocycles. The third-order valence-electron chi connectivity index (χ3n) is 3.18. The van der Waals surface area contributed by atoms with Gasteiger partial charge in [-0.2, -0.15) is 0 Å². The van der Waals surface area contributed by atoms with Gasteiger partial charge in [-0.1, -0.05) is 0 Å². The molecule has 19 heavy (non-hydrogen) atoms. The summed E-state index contributed by atoms with van der Waals surface area (Å²) in [4.78, 5) is 15.2. The van der Waals surface area contributed by atoms with Crippen LogP contribution in [0.3, 0.4) is 0 Å². The molecule has 0 spiro atoms. The molecule has 5 heteroatoms. The quantitative estimate of drug-likeness (QED) is 0.909. The maximum atomic E-state index is 11.2. The number of rotatable bonds is 3. The van der Waals surface area contributed by atoms with Crippen LogP contribution in [-0.2, 0) is 4.74 Å². The first-order chi connectivity index (χ1) is 8.95. The molecule has 1 N–H and O–H groups in total. The highest BCUT2D eigenvalue weighted by molar-refractivity contribution is 5.90. The monoisotopic (exact) mass is 265 g/mol. The van der Waals surface area contributed by atoms with Crippen molar-refractivity contribution in [2.24, 2.45) is 0 Å². The zero-order valence-corrected chi connectivity index (χ0v) is 11.4. The van der Waals surface area contributed by atoms with E-state index in [0.29, 0.717) is 5.75 Å². The van der Waals surface area contributed by atoms with Gasteiger partial charge in [0.15, 0.2) is 0 Å². The lowest BCUT2D eigenvalue weighted by Crippen LogP contribution is -2.36. The van der Waals surface area contributed by atoms with Gasteiger partial charge in [0.2, 0.25) is 0 Å². The zero-order valence-electron chi connectivity index (χ0n) is 11.4. The molecule has 1 saturated heterocycles. The highest BCUT2D eigenvalue weighted by Crippen LogP contribution is 2.26. The Morgan fingerprint density at radius 2 is 2.05 bits per heavy atom. The largest absolute Gasteiger partial charge is 0.489 e. The maximum Gasteiger partial charge on any atom is 0.341 e. The van der Waals surface area contributed by atoms with Crippen LogP contribution in [0, 0.1) is 6.92 Å². The number of carbonyl (C=O) groups is 1. The molecule has 0 aliphatic carbocycles. The number of pyridine rings is 1. The smallest absolute Gasteiger partial charge is 0.341 e. The summed E-state index contributed by atoms with van der Waals surface area (Å²) in [7, 11) is 0. The van der Waals surface area contributed by atoms with Crippen molar-refractivity contribution in [2.75, 3.05) is 0 Å². The number of ether oxygens (including phenoxy) is 2. The fraction of sp³-hybridized carbons (Fsp3) is 0.571. The third-order valence-corrected chi connectivity index (χ3v) is 3.18. The minimum absolute atomic E-state index is 0.0151. The first-order valence-corrected chi connectivity index (χ1v) is 6.47. The van der Waals surface area contributed by atoms with E-state index in [0.717, 1.165) is 18.5 Å². The minimum Gasteiger partial charge on any atom is -0.489 e. The van der Waals surface area contributed by atoms with Crippen LogP contribution in [0.1, 0.15) is 42.7 Å². The number of aryl methyl sites for hydroxylation is 1. The number of aromatic carboxylic acids is 1. The van der Waals surface area contributed by atoms with Crippen molar-refractivity contribution in [3.63, 3.8) is 0 Å². The van der Waals surface area contributed by atoms with Crippen LogP contribution in [0.4, 0.5) is 0 Å². The molecule has 2 heterocycles. The SMILES string of the molecule is Cc1cc(OC2CC(C)OC(C)C2)c(C(=O)O)cn1. The molecular formula is C14H19NO4. The third kappa shape index (κ3) is 3.44. The van der Waals surface area contributed by atoms with Gasteiger partial charge in [0.25, 0.3) is 0 Å². The second kappa shape index (κ2) is 5.57. The molecule has 5 nitrogen and oxygen atoms in total. The second-order valence-electron chi connectivity index (χ2n) is 5.10. The molecule has 2 rings (SSSR count). The highest BCUT2D eigenvalue weighted by atomic mass is 16.5. The van der Waals surface area contributed by atoms with Crippen molar-refractivity contribution in [2.45, 2.75) is 51.9 Å². The summed E-state index contributed by atoms with van der Waals surface area (Å²) in [5, 5.41) is 9.15. The summed E-state index contributed by atoms with van der Waals surface area (Å²) in [5.41, 5.74) is 0.852. The molecule has 2 unspecified atom stereocenters. The fourth-order valence-electron chi connectivity index (χ4n) is 2.41. The highest BCUT2D eigenvalue weighted by Gasteiger charge is 2.27. The summed E-state index contributed by atoms with van der Waals surface area (Å²) in [6, 6.07) is 1.67. The molecule has 1 fully saturated rings. The van der Waals surface area contributed by atoms with Gasteiger partial charge in [0, 0.05) is 30.8 Å². The maximum absolute atomic E-state index is 11.2. The second-order valence-corrected chi connectivity index (χ2v) is 5.10.